The molecule has 0 aliphatic rings. The van der Waals surface area contributed by atoms with Crippen molar-refractivity contribution in [2.24, 2.45) is 0 Å². The van der Waals surface area contributed by atoms with Crippen LogP contribution in [-0.2, 0) is 0 Å². The van der Waals surface area contributed by atoms with Crippen molar-refractivity contribution in [3.8, 4) is 11.3 Å². The molecule has 1 aromatic carbocycles. The van der Waals surface area contributed by atoms with E-state index >= 15 is 0 Å². The number of anilines is 2. The molecule has 1 aromatic heterocycles. The van der Waals surface area contributed by atoms with Gasteiger partial charge in [-0.25, -0.2) is 13.8 Å². The Kier molecular flexibility index (Phi) is 2.86. The molecule has 2 aromatic rings. The Morgan fingerprint density at radius 3 is 2.29 bits per heavy atom. The summed E-state index contributed by atoms with van der Waals surface area (Å²) in [7, 11) is 1.66. The molecule has 0 radical (unpaired) electrons. The van der Waals surface area contributed by atoms with Gasteiger partial charge in [-0.15, -0.1) is 0 Å². The lowest BCUT2D eigenvalue weighted by atomic mass is 10.1. The van der Waals surface area contributed by atoms with E-state index in [1.54, 1.807) is 13.1 Å². The number of benzene rings is 1. The molecule has 0 aliphatic carbocycles. The highest BCUT2D eigenvalue weighted by molar-refractivity contribution is 5.64. The first-order chi connectivity index (χ1) is 8.08. The van der Waals surface area contributed by atoms with E-state index in [1.807, 2.05) is 0 Å². The van der Waals surface area contributed by atoms with Crippen molar-refractivity contribution < 1.29 is 8.78 Å². The molecule has 88 valence electrons. The Balaban J connectivity index is 2.55. The summed E-state index contributed by atoms with van der Waals surface area (Å²) in [6.07, 6.45) is 0. The maximum absolute atomic E-state index is 13.1. The van der Waals surface area contributed by atoms with E-state index in [0.29, 0.717) is 17.1 Å². The maximum atomic E-state index is 13.1. The van der Waals surface area contributed by atoms with Crippen molar-refractivity contribution in [3.63, 3.8) is 0 Å². The summed E-state index contributed by atoms with van der Waals surface area (Å²) in [6.45, 7) is 0. The van der Waals surface area contributed by atoms with Crippen LogP contribution in [0.3, 0.4) is 0 Å². The van der Waals surface area contributed by atoms with Crippen LogP contribution in [0.4, 0.5) is 20.5 Å². The van der Waals surface area contributed by atoms with E-state index in [9.17, 15) is 8.78 Å². The average molecular weight is 236 g/mol. The molecule has 0 unspecified atom stereocenters. The normalized spacial score (nSPS) is 10.3. The molecule has 17 heavy (non-hydrogen) atoms. The number of nitrogen functional groups attached to an aromatic ring is 1. The zero-order chi connectivity index (χ0) is 12.4. The number of hydrogen-bond acceptors (Lipinski definition) is 4. The van der Waals surface area contributed by atoms with Gasteiger partial charge < -0.3 is 11.1 Å². The SMILES string of the molecule is CNc1cc(-c2cc(F)cc(F)c2)nc(N)n1. The van der Waals surface area contributed by atoms with Crippen LogP contribution in [-0.4, -0.2) is 17.0 Å². The molecule has 1 heterocycles. The van der Waals surface area contributed by atoms with E-state index in [4.69, 9.17) is 5.73 Å². The summed E-state index contributed by atoms with van der Waals surface area (Å²) in [5, 5.41) is 2.79. The van der Waals surface area contributed by atoms with Crippen molar-refractivity contribution in [2.45, 2.75) is 0 Å². The Morgan fingerprint density at radius 1 is 1.06 bits per heavy atom. The van der Waals surface area contributed by atoms with E-state index in [2.05, 4.69) is 15.3 Å². The first-order valence-electron chi connectivity index (χ1n) is 4.87. The predicted molar refractivity (Wildman–Crippen MR) is 61.3 cm³/mol. The number of nitrogens with one attached hydrogen (secondary N) is 1. The molecule has 0 fully saturated rings. The van der Waals surface area contributed by atoms with Crippen molar-refractivity contribution in [3.05, 3.63) is 35.9 Å². The van der Waals surface area contributed by atoms with E-state index < -0.39 is 11.6 Å². The summed E-state index contributed by atoms with van der Waals surface area (Å²) in [4.78, 5) is 7.82. The molecule has 4 nitrogen and oxygen atoms in total. The van der Waals surface area contributed by atoms with Crippen LogP contribution in [0.1, 0.15) is 0 Å². The molecule has 0 saturated heterocycles. The number of nitrogens with zero attached hydrogens (tertiary/aromatic N) is 2. The van der Waals surface area contributed by atoms with Gasteiger partial charge in [0.2, 0.25) is 5.95 Å². The lowest BCUT2D eigenvalue weighted by molar-refractivity contribution is 0.584. The van der Waals surface area contributed by atoms with Crippen LogP contribution in [0.15, 0.2) is 24.3 Å². The van der Waals surface area contributed by atoms with Gasteiger partial charge in [-0.3, -0.25) is 0 Å². The topological polar surface area (TPSA) is 63.8 Å². The summed E-state index contributed by atoms with van der Waals surface area (Å²) in [5.41, 5.74) is 6.17. The molecule has 2 rings (SSSR count). The van der Waals surface area contributed by atoms with Crippen molar-refractivity contribution in [1.82, 2.24) is 9.97 Å². The number of nitrogens with two attached hydrogens (primary N) is 1. The lowest BCUT2D eigenvalue weighted by Gasteiger charge is -2.05. The van der Waals surface area contributed by atoms with Crippen LogP contribution >= 0.6 is 0 Å². The highest BCUT2D eigenvalue weighted by atomic mass is 19.1. The van der Waals surface area contributed by atoms with Gasteiger partial charge in [0.1, 0.15) is 17.5 Å². The van der Waals surface area contributed by atoms with Crippen LogP contribution in [0, 0.1) is 11.6 Å². The molecular weight excluding hydrogens is 226 g/mol. The van der Waals surface area contributed by atoms with Gasteiger partial charge in [0.05, 0.1) is 5.69 Å². The fourth-order valence-electron chi connectivity index (χ4n) is 1.44. The lowest BCUT2D eigenvalue weighted by Crippen LogP contribution is -2.01. The van der Waals surface area contributed by atoms with Gasteiger partial charge in [0.25, 0.3) is 0 Å². The Bertz CT molecular complexity index is 537. The molecule has 0 amide bonds. The molecule has 0 aliphatic heterocycles. The van der Waals surface area contributed by atoms with Gasteiger partial charge in [0.15, 0.2) is 0 Å². The molecule has 6 heteroatoms. The largest absolute Gasteiger partial charge is 0.373 e. The summed E-state index contributed by atoms with van der Waals surface area (Å²) in [6, 6.07) is 4.73. The smallest absolute Gasteiger partial charge is 0.222 e. The Labute approximate surface area is 96.5 Å². The monoisotopic (exact) mass is 236 g/mol. The van der Waals surface area contributed by atoms with Crippen molar-refractivity contribution in [1.29, 1.82) is 0 Å². The standard InChI is InChI=1S/C11H10F2N4/c1-15-10-5-9(16-11(14)17-10)6-2-7(12)4-8(13)3-6/h2-5H,1H3,(H3,14,15,16,17). The van der Waals surface area contributed by atoms with Gasteiger partial charge in [0, 0.05) is 24.7 Å². The van der Waals surface area contributed by atoms with Gasteiger partial charge in [-0.1, -0.05) is 0 Å². The second-order valence-electron chi connectivity index (χ2n) is 3.40. The maximum Gasteiger partial charge on any atom is 0.222 e. The first kappa shape index (κ1) is 11.3. The molecule has 3 N–H and O–H groups in total. The van der Waals surface area contributed by atoms with Crippen LogP contribution in [0.25, 0.3) is 11.3 Å². The van der Waals surface area contributed by atoms with Crippen LogP contribution in [0.5, 0.6) is 0 Å². The highest BCUT2D eigenvalue weighted by Crippen LogP contribution is 2.22. The van der Waals surface area contributed by atoms with Crippen molar-refractivity contribution >= 4 is 11.8 Å². The van der Waals surface area contributed by atoms with E-state index in [1.165, 1.54) is 12.1 Å². The van der Waals surface area contributed by atoms with E-state index in [0.717, 1.165) is 6.07 Å². The third-order valence-electron chi connectivity index (χ3n) is 2.16. The minimum absolute atomic E-state index is 0.0384. The second-order valence-corrected chi connectivity index (χ2v) is 3.40. The molecule has 0 spiro atoms. The Hall–Kier alpha value is -2.24. The second kappa shape index (κ2) is 4.32. The first-order valence-corrected chi connectivity index (χ1v) is 4.87. The summed E-state index contributed by atoms with van der Waals surface area (Å²) in [5.74, 6) is -0.805. The third kappa shape index (κ3) is 2.47. The Morgan fingerprint density at radius 2 is 1.71 bits per heavy atom. The molecular formula is C11H10F2N4. The van der Waals surface area contributed by atoms with Crippen LogP contribution < -0.4 is 11.1 Å². The van der Waals surface area contributed by atoms with Gasteiger partial charge in [-0.05, 0) is 12.1 Å². The average Bonchev–Trinajstić information content (AvgIpc) is 2.26. The number of aromatic nitrogens is 2. The molecule has 0 bridgehead atoms. The fourth-order valence-corrected chi connectivity index (χ4v) is 1.44. The fraction of sp³-hybridized carbons (Fsp3) is 0.0909. The minimum atomic E-state index is -0.664. The van der Waals surface area contributed by atoms with E-state index in [-0.39, 0.29) is 5.95 Å². The quantitative estimate of drug-likeness (QED) is 0.837. The molecule has 0 atom stereocenters. The minimum Gasteiger partial charge on any atom is -0.373 e. The summed E-state index contributed by atoms with van der Waals surface area (Å²) < 4.78 is 26.1. The molecule has 0 saturated carbocycles. The third-order valence-corrected chi connectivity index (χ3v) is 2.16. The van der Waals surface area contributed by atoms with Crippen LogP contribution in [0.2, 0.25) is 0 Å². The zero-order valence-electron chi connectivity index (χ0n) is 9.04. The van der Waals surface area contributed by atoms with Crippen molar-refractivity contribution in [2.75, 3.05) is 18.1 Å². The number of hydrogen-bond donors (Lipinski definition) is 2. The van der Waals surface area contributed by atoms with Gasteiger partial charge in [-0.2, -0.15) is 4.98 Å². The number of halogens is 2. The highest BCUT2D eigenvalue weighted by Gasteiger charge is 2.07. The predicted octanol–water partition coefficient (Wildman–Crippen LogP) is 2.05. The zero-order valence-corrected chi connectivity index (χ0v) is 9.04. The van der Waals surface area contributed by atoms with Gasteiger partial charge >= 0.3 is 0 Å². The summed E-state index contributed by atoms with van der Waals surface area (Å²) >= 11 is 0. The number of rotatable bonds is 2.